The highest BCUT2D eigenvalue weighted by Gasteiger charge is 2.75. The third kappa shape index (κ3) is 6.72. The number of halogens is 1. The number of hydrogen-bond acceptors (Lipinski definition) is 7. The molecule has 2 aromatic rings. The van der Waals surface area contributed by atoms with Gasteiger partial charge in [-0.3, -0.25) is 19.2 Å². The van der Waals surface area contributed by atoms with Crippen LogP contribution in [0.4, 0.5) is 0 Å². The Labute approximate surface area is 295 Å². The van der Waals surface area contributed by atoms with Gasteiger partial charge in [0.25, 0.3) is 0 Å². The second-order valence-corrected chi connectivity index (χ2v) is 14.3. The molecule has 10 nitrogen and oxygen atoms in total. The van der Waals surface area contributed by atoms with E-state index in [1.807, 2.05) is 85.8 Å². The highest BCUT2D eigenvalue weighted by atomic mass is 79.9. The van der Waals surface area contributed by atoms with E-state index in [9.17, 15) is 24.3 Å². The summed E-state index contributed by atoms with van der Waals surface area (Å²) in [6.07, 6.45) is 6.55. The number of carbonyl (C=O) groups is 4. The quantitative estimate of drug-likeness (QED) is 0.241. The number of fused-ring (bicyclic) bond motifs is 2. The third-order valence-electron chi connectivity index (χ3n) is 10.3. The normalized spacial score (nSPS) is 31.2. The second-order valence-electron chi connectivity index (χ2n) is 13.4. The number of benzene rings is 2. The summed E-state index contributed by atoms with van der Waals surface area (Å²) < 4.78 is 13.6. The summed E-state index contributed by atoms with van der Waals surface area (Å²) in [4.78, 5) is 62.2. The molecule has 0 unspecified atom stereocenters. The summed E-state index contributed by atoms with van der Waals surface area (Å²) in [6.45, 7) is 2.72. The molecule has 4 heterocycles. The van der Waals surface area contributed by atoms with Crippen molar-refractivity contribution in [3.05, 3.63) is 94.5 Å². The van der Waals surface area contributed by atoms with Crippen LogP contribution in [0.25, 0.3) is 0 Å². The van der Waals surface area contributed by atoms with Crippen LogP contribution in [0.15, 0.2) is 83.4 Å². The Hall–Kier alpha value is -3.80. The molecule has 0 saturated carbocycles. The largest absolute Gasteiger partial charge is 0.455 e. The molecule has 4 aliphatic rings. The van der Waals surface area contributed by atoms with Gasteiger partial charge in [0, 0.05) is 44.2 Å². The lowest BCUT2D eigenvalue weighted by atomic mass is 9.74. The van der Waals surface area contributed by atoms with Gasteiger partial charge >= 0.3 is 5.97 Å². The molecule has 2 fully saturated rings. The second kappa shape index (κ2) is 15.0. The Morgan fingerprint density at radius 1 is 0.918 bits per heavy atom. The topological polar surface area (TPSA) is 117 Å². The van der Waals surface area contributed by atoms with Gasteiger partial charge in [-0.05, 0) is 49.8 Å². The number of aliphatic hydroxyl groups is 1. The van der Waals surface area contributed by atoms with Crippen LogP contribution in [0.3, 0.4) is 0 Å². The number of ether oxygens (including phenoxy) is 2. The fourth-order valence-corrected chi connectivity index (χ4v) is 8.45. The number of rotatable bonds is 8. The average molecular weight is 735 g/mol. The summed E-state index contributed by atoms with van der Waals surface area (Å²) in [7, 11) is 1.71. The summed E-state index contributed by atoms with van der Waals surface area (Å²) in [5.41, 5.74) is 0.267. The van der Waals surface area contributed by atoms with E-state index in [2.05, 4.69) is 15.9 Å². The van der Waals surface area contributed by atoms with Crippen molar-refractivity contribution in [2.75, 3.05) is 26.7 Å². The van der Waals surface area contributed by atoms with Gasteiger partial charge in [0.2, 0.25) is 17.7 Å². The fraction of sp³-hybridized carbons (Fsp3) is 0.474. The molecule has 2 aromatic carbocycles. The van der Waals surface area contributed by atoms with Gasteiger partial charge in [-0.2, -0.15) is 0 Å². The van der Waals surface area contributed by atoms with Crippen molar-refractivity contribution in [2.45, 2.75) is 75.5 Å². The number of allylic oxidation sites excluding steroid dienone is 1. The number of likely N-dealkylation sites (tertiary alicyclic amines) is 1. The lowest BCUT2D eigenvalue weighted by molar-refractivity contribution is -0.164. The Kier molecular flexibility index (Phi) is 10.7. The summed E-state index contributed by atoms with van der Waals surface area (Å²) >= 11 is 3.63. The Balaban J connectivity index is 1.44. The van der Waals surface area contributed by atoms with Gasteiger partial charge in [-0.25, -0.2) is 0 Å². The molecule has 0 aliphatic carbocycles. The van der Waals surface area contributed by atoms with Crippen molar-refractivity contribution >= 4 is 39.6 Å². The molecule has 49 heavy (non-hydrogen) atoms. The van der Waals surface area contributed by atoms with Crippen LogP contribution in [-0.4, -0.2) is 94.0 Å². The Bertz CT molecular complexity index is 1600. The molecule has 1 spiro atoms. The molecule has 5 bridgehead atoms. The minimum Gasteiger partial charge on any atom is -0.455 e. The van der Waals surface area contributed by atoms with Gasteiger partial charge in [0.15, 0.2) is 0 Å². The first kappa shape index (κ1) is 35.0. The van der Waals surface area contributed by atoms with Crippen molar-refractivity contribution in [3.63, 3.8) is 0 Å². The van der Waals surface area contributed by atoms with Crippen LogP contribution in [0.5, 0.6) is 0 Å². The number of likely N-dealkylation sites (N-methyl/N-ethyl adjacent to an activating group) is 1. The molecular formula is C38H44BrN3O7. The van der Waals surface area contributed by atoms with Crippen LogP contribution in [0.2, 0.25) is 0 Å². The van der Waals surface area contributed by atoms with E-state index in [1.54, 1.807) is 21.7 Å². The number of hydrogen-bond donors (Lipinski definition) is 1. The molecular weight excluding hydrogens is 690 g/mol. The summed E-state index contributed by atoms with van der Waals surface area (Å²) in [6, 6.07) is 17.4. The molecule has 1 N–H and O–H groups in total. The summed E-state index contributed by atoms with van der Waals surface area (Å²) in [5, 5.41) is 9.40. The molecule has 3 amide bonds. The first-order valence-electron chi connectivity index (χ1n) is 17.1. The molecule has 260 valence electrons. The monoisotopic (exact) mass is 733 g/mol. The molecule has 2 saturated heterocycles. The highest BCUT2D eigenvalue weighted by molar-refractivity contribution is 9.11. The lowest BCUT2D eigenvalue weighted by Crippen LogP contribution is -2.55. The Morgan fingerprint density at radius 2 is 1.63 bits per heavy atom. The van der Waals surface area contributed by atoms with Crippen LogP contribution in [-0.2, 0) is 35.2 Å². The molecule has 11 heteroatoms. The fourth-order valence-electron chi connectivity index (χ4n) is 7.71. The lowest BCUT2D eigenvalue weighted by Gasteiger charge is -2.36. The zero-order chi connectivity index (χ0) is 34.7. The van der Waals surface area contributed by atoms with E-state index >= 15 is 0 Å². The Morgan fingerprint density at radius 3 is 2.35 bits per heavy atom. The average Bonchev–Trinajstić information content (AvgIpc) is 3.70. The van der Waals surface area contributed by atoms with Gasteiger partial charge in [-0.1, -0.05) is 88.7 Å². The van der Waals surface area contributed by atoms with E-state index in [4.69, 9.17) is 9.47 Å². The number of amides is 3. The predicted molar refractivity (Wildman–Crippen MR) is 186 cm³/mol. The van der Waals surface area contributed by atoms with Gasteiger partial charge in [0.05, 0.1) is 12.0 Å². The molecule has 0 aromatic heterocycles. The van der Waals surface area contributed by atoms with Crippen molar-refractivity contribution in [2.24, 2.45) is 11.8 Å². The maximum atomic E-state index is 14.9. The van der Waals surface area contributed by atoms with Gasteiger partial charge in [-0.15, -0.1) is 0 Å². The first-order chi connectivity index (χ1) is 23.7. The van der Waals surface area contributed by atoms with Gasteiger partial charge < -0.3 is 29.3 Å². The number of aliphatic hydroxyl groups excluding tert-OH is 1. The smallest absolute Gasteiger partial charge is 0.313 e. The molecule has 4 aliphatic heterocycles. The number of cyclic esters (lactones) is 1. The molecule has 0 radical (unpaired) electrons. The number of nitrogens with zero attached hydrogens (tertiary/aromatic N) is 3. The van der Waals surface area contributed by atoms with Crippen LogP contribution < -0.4 is 0 Å². The zero-order valence-electron chi connectivity index (χ0n) is 27.9. The standard InChI is InChI=1S/C38H44BrN3O7/c1-25-32(27-17-9-4-10-18-27)48-37(47)30-31-35(45)42(21-13-6-14-22-43)34(38(31)23-28(39)33(30)49-38)36(46)41(24-26-15-7-3-8-16-26)20-12-5-11-19-29(44)40(25)2/h3-5,7-10,12,15-18,23,25,30-34,43H,6,11,13-14,19-22,24H2,1-2H3/b12-5-/t25-,30+,31-,32+,33+,34+,38-/m1/s1. The predicted octanol–water partition coefficient (Wildman–Crippen LogP) is 4.53. The maximum Gasteiger partial charge on any atom is 0.313 e. The van der Waals surface area contributed by atoms with Crippen LogP contribution in [0.1, 0.15) is 56.3 Å². The zero-order valence-corrected chi connectivity index (χ0v) is 29.5. The number of esters is 1. The maximum absolute atomic E-state index is 14.9. The molecule has 7 atom stereocenters. The SMILES string of the molecule is C[C@@H]1[C@@H](c2ccccc2)OC(=O)[C@@H]2[C@H]3O[C@@]4(C=C3Br)[C@H](C(=O)N(Cc3ccccc3)C/C=C\CCC(=O)N1C)N(CCCCCO)C(=O)[C@@H]24. The minimum absolute atomic E-state index is 0.0379. The van der Waals surface area contributed by atoms with Crippen molar-refractivity contribution in [1.82, 2.24) is 14.7 Å². The van der Waals surface area contributed by atoms with E-state index in [-0.39, 0.29) is 43.8 Å². The van der Waals surface area contributed by atoms with E-state index in [1.165, 1.54) is 0 Å². The van der Waals surface area contributed by atoms with E-state index in [0.29, 0.717) is 36.7 Å². The first-order valence-corrected chi connectivity index (χ1v) is 17.9. The minimum atomic E-state index is -1.38. The van der Waals surface area contributed by atoms with Crippen molar-refractivity contribution in [3.8, 4) is 0 Å². The third-order valence-corrected chi connectivity index (χ3v) is 11.0. The van der Waals surface area contributed by atoms with Crippen LogP contribution >= 0.6 is 15.9 Å². The van der Waals surface area contributed by atoms with E-state index in [0.717, 1.165) is 11.1 Å². The number of carbonyl (C=O) groups excluding carboxylic acids is 4. The van der Waals surface area contributed by atoms with Crippen molar-refractivity contribution < 1.29 is 33.8 Å². The summed E-state index contributed by atoms with van der Waals surface area (Å²) in [5.74, 6) is -3.31. The van der Waals surface area contributed by atoms with Crippen molar-refractivity contribution in [1.29, 1.82) is 0 Å². The van der Waals surface area contributed by atoms with Crippen LogP contribution in [0, 0.1) is 11.8 Å². The van der Waals surface area contributed by atoms with E-state index < -0.39 is 47.7 Å². The number of unbranched alkanes of at least 4 members (excludes halogenated alkanes) is 2. The molecule has 6 rings (SSSR count). The van der Waals surface area contributed by atoms with Gasteiger partial charge in [0.1, 0.15) is 29.8 Å². The highest BCUT2D eigenvalue weighted by Crippen LogP contribution is 2.59.